The summed E-state index contributed by atoms with van der Waals surface area (Å²) in [5.74, 6) is 0.527. The van der Waals surface area contributed by atoms with Gasteiger partial charge in [0.15, 0.2) is 0 Å². The predicted octanol–water partition coefficient (Wildman–Crippen LogP) is 2.99. The molecule has 4 heteroatoms. The lowest BCUT2D eigenvalue weighted by Gasteiger charge is -2.19. The fourth-order valence-corrected chi connectivity index (χ4v) is 1.84. The van der Waals surface area contributed by atoms with Gasteiger partial charge in [-0.3, -0.25) is 4.79 Å². The van der Waals surface area contributed by atoms with Gasteiger partial charge in [-0.1, -0.05) is 0 Å². The number of carbonyl (C=O) groups excluding carboxylic acids is 1. The van der Waals surface area contributed by atoms with Crippen molar-refractivity contribution in [2.75, 3.05) is 19.0 Å². The molecule has 15 heavy (non-hydrogen) atoms. The Kier molecular flexibility index (Phi) is 5.39. The molecule has 0 saturated heterocycles. The summed E-state index contributed by atoms with van der Waals surface area (Å²) >= 11 is 7.85. The molecule has 0 fully saturated rings. The minimum Gasteiger partial charge on any atom is -0.338 e. The van der Waals surface area contributed by atoms with E-state index in [9.17, 15) is 4.79 Å². The van der Waals surface area contributed by atoms with Crippen LogP contribution in [-0.2, 0) is 0 Å². The predicted molar refractivity (Wildman–Crippen MR) is 71.5 cm³/mol. The van der Waals surface area contributed by atoms with Crippen molar-refractivity contribution in [1.29, 1.82) is 0 Å². The molecule has 0 unspecified atom stereocenters. The average Bonchev–Trinajstić information content (AvgIpc) is 2.26. The summed E-state index contributed by atoms with van der Waals surface area (Å²) in [5.41, 5.74) is 0.724. The van der Waals surface area contributed by atoms with Gasteiger partial charge in [-0.05, 0) is 53.8 Å². The zero-order valence-corrected chi connectivity index (χ0v) is 11.5. The standard InChI is InChI=1S/C11H13ClINO/c1-2-14(8-7-12)11(15)9-3-5-10(13)6-4-9/h3-6H,2,7-8H2,1H3. The molecule has 0 heterocycles. The largest absolute Gasteiger partial charge is 0.338 e. The van der Waals surface area contributed by atoms with Gasteiger partial charge in [0.2, 0.25) is 0 Å². The fourth-order valence-electron chi connectivity index (χ4n) is 1.28. The molecule has 0 aromatic heterocycles. The molecular formula is C11H13ClINO. The highest BCUT2D eigenvalue weighted by Gasteiger charge is 2.12. The first-order chi connectivity index (χ1) is 7.19. The number of halogens is 2. The minimum absolute atomic E-state index is 0.0505. The Hall–Kier alpha value is -0.290. The number of amides is 1. The molecule has 0 atom stereocenters. The first-order valence-corrected chi connectivity index (χ1v) is 6.41. The number of alkyl halides is 1. The summed E-state index contributed by atoms with van der Waals surface area (Å²) in [6, 6.07) is 7.56. The van der Waals surface area contributed by atoms with E-state index in [4.69, 9.17) is 11.6 Å². The maximum Gasteiger partial charge on any atom is 0.253 e. The third-order valence-electron chi connectivity index (χ3n) is 2.11. The van der Waals surface area contributed by atoms with Gasteiger partial charge in [-0.15, -0.1) is 11.6 Å². The molecule has 0 aliphatic heterocycles. The minimum atomic E-state index is 0.0505. The molecular weight excluding hydrogens is 324 g/mol. The van der Waals surface area contributed by atoms with Gasteiger partial charge in [-0.25, -0.2) is 0 Å². The number of hydrogen-bond acceptors (Lipinski definition) is 1. The molecule has 0 N–H and O–H groups in total. The van der Waals surface area contributed by atoms with E-state index in [0.29, 0.717) is 19.0 Å². The highest BCUT2D eigenvalue weighted by molar-refractivity contribution is 14.1. The highest BCUT2D eigenvalue weighted by Crippen LogP contribution is 2.09. The van der Waals surface area contributed by atoms with E-state index in [-0.39, 0.29) is 5.91 Å². The lowest BCUT2D eigenvalue weighted by atomic mass is 10.2. The van der Waals surface area contributed by atoms with Gasteiger partial charge in [0.1, 0.15) is 0 Å². The van der Waals surface area contributed by atoms with Crippen LogP contribution in [0.2, 0.25) is 0 Å². The van der Waals surface area contributed by atoms with Crippen molar-refractivity contribution in [2.45, 2.75) is 6.92 Å². The third-order valence-corrected chi connectivity index (χ3v) is 3.00. The van der Waals surface area contributed by atoms with Crippen molar-refractivity contribution in [1.82, 2.24) is 4.90 Å². The zero-order chi connectivity index (χ0) is 11.3. The lowest BCUT2D eigenvalue weighted by Crippen LogP contribution is -2.32. The number of rotatable bonds is 4. The van der Waals surface area contributed by atoms with E-state index < -0.39 is 0 Å². The second kappa shape index (κ2) is 6.33. The summed E-state index contributed by atoms with van der Waals surface area (Å²) in [7, 11) is 0. The van der Waals surface area contributed by atoms with Gasteiger partial charge in [0.05, 0.1) is 0 Å². The molecule has 0 spiro atoms. The van der Waals surface area contributed by atoms with E-state index in [0.717, 1.165) is 9.13 Å². The molecule has 0 bridgehead atoms. The first kappa shape index (κ1) is 12.8. The van der Waals surface area contributed by atoms with Crippen LogP contribution in [0.5, 0.6) is 0 Å². The van der Waals surface area contributed by atoms with Crippen molar-refractivity contribution < 1.29 is 4.79 Å². The van der Waals surface area contributed by atoms with Crippen LogP contribution >= 0.6 is 34.2 Å². The summed E-state index contributed by atoms with van der Waals surface area (Å²) in [6.45, 7) is 3.25. The van der Waals surface area contributed by atoms with Gasteiger partial charge in [0, 0.05) is 28.1 Å². The van der Waals surface area contributed by atoms with Crippen molar-refractivity contribution in [3.05, 3.63) is 33.4 Å². The zero-order valence-electron chi connectivity index (χ0n) is 8.54. The van der Waals surface area contributed by atoms with Crippen molar-refractivity contribution in [3.63, 3.8) is 0 Å². The first-order valence-electron chi connectivity index (χ1n) is 4.79. The fraction of sp³-hybridized carbons (Fsp3) is 0.364. The summed E-state index contributed by atoms with van der Waals surface area (Å²) in [4.78, 5) is 13.7. The van der Waals surface area contributed by atoms with E-state index in [1.54, 1.807) is 4.90 Å². The van der Waals surface area contributed by atoms with Crippen LogP contribution in [0.3, 0.4) is 0 Å². The molecule has 1 aromatic rings. The Bertz CT molecular complexity index is 326. The van der Waals surface area contributed by atoms with E-state index in [1.165, 1.54) is 0 Å². The third kappa shape index (κ3) is 3.65. The molecule has 0 saturated carbocycles. The summed E-state index contributed by atoms with van der Waals surface area (Å²) < 4.78 is 1.13. The second-order valence-electron chi connectivity index (χ2n) is 3.08. The van der Waals surface area contributed by atoms with E-state index in [1.807, 2.05) is 31.2 Å². The van der Waals surface area contributed by atoms with Gasteiger partial charge in [0.25, 0.3) is 5.91 Å². The smallest absolute Gasteiger partial charge is 0.253 e. The number of nitrogens with zero attached hydrogens (tertiary/aromatic N) is 1. The van der Waals surface area contributed by atoms with E-state index in [2.05, 4.69) is 22.6 Å². The van der Waals surface area contributed by atoms with Crippen LogP contribution in [0.15, 0.2) is 24.3 Å². The maximum atomic E-state index is 11.9. The molecule has 0 radical (unpaired) electrons. The van der Waals surface area contributed by atoms with Crippen molar-refractivity contribution in [2.24, 2.45) is 0 Å². The van der Waals surface area contributed by atoms with Crippen LogP contribution in [0.1, 0.15) is 17.3 Å². The molecule has 1 rings (SSSR count). The Balaban J connectivity index is 2.78. The Morgan fingerprint density at radius 2 is 2.00 bits per heavy atom. The molecule has 1 aromatic carbocycles. The van der Waals surface area contributed by atoms with Crippen LogP contribution in [0.25, 0.3) is 0 Å². The topological polar surface area (TPSA) is 20.3 Å². The Labute approximate surface area is 109 Å². The number of hydrogen-bond donors (Lipinski definition) is 0. The quantitative estimate of drug-likeness (QED) is 0.611. The van der Waals surface area contributed by atoms with Crippen LogP contribution in [0.4, 0.5) is 0 Å². The average molecular weight is 338 g/mol. The Morgan fingerprint density at radius 1 is 1.40 bits per heavy atom. The molecule has 1 amide bonds. The number of benzene rings is 1. The Morgan fingerprint density at radius 3 is 2.47 bits per heavy atom. The number of carbonyl (C=O) groups is 1. The molecule has 2 nitrogen and oxygen atoms in total. The van der Waals surface area contributed by atoms with Crippen LogP contribution in [0, 0.1) is 3.57 Å². The van der Waals surface area contributed by atoms with Gasteiger partial charge >= 0.3 is 0 Å². The van der Waals surface area contributed by atoms with Crippen LogP contribution in [-0.4, -0.2) is 29.8 Å². The second-order valence-corrected chi connectivity index (χ2v) is 4.70. The summed E-state index contributed by atoms with van der Waals surface area (Å²) in [5, 5.41) is 0. The summed E-state index contributed by atoms with van der Waals surface area (Å²) in [6.07, 6.45) is 0. The van der Waals surface area contributed by atoms with E-state index >= 15 is 0 Å². The maximum absolute atomic E-state index is 11.9. The normalized spacial score (nSPS) is 10.1. The monoisotopic (exact) mass is 337 g/mol. The van der Waals surface area contributed by atoms with Crippen LogP contribution < -0.4 is 0 Å². The highest BCUT2D eigenvalue weighted by atomic mass is 127. The SMILES string of the molecule is CCN(CCCl)C(=O)c1ccc(I)cc1. The lowest BCUT2D eigenvalue weighted by molar-refractivity contribution is 0.0774. The molecule has 0 aliphatic carbocycles. The molecule has 0 aliphatic rings. The van der Waals surface area contributed by atoms with Gasteiger partial charge < -0.3 is 4.90 Å². The molecule has 82 valence electrons. The van der Waals surface area contributed by atoms with Gasteiger partial charge in [-0.2, -0.15) is 0 Å². The van der Waals surface area contributed by atoms with Crippen molar-refractivity contribution >= 4 is 40.1 Å². The van der Waals surface area contributed by atoms with Crippen molar-refractivity contribution in [3.8, 4) is 0 Å².